The molecule has 5 heteroatoms. The van der Waals surface area contributed by atoms with Crippen molar-refractivity contribution in [1.29, 1.82) is 0 Å². The van der Waals surface area contributed by atoms with E-state index in [2.05, 4.69) is 5.32 Å². The van der Waals surface area contributed by atoms with Crippen LogP contribution in [0, 0.1) is 6.92 Å². The Labute approximate surface area is 163 Å². The van der Waals surface area contributed by atoms with Gasteiger partial charge < -0.3 is 14.5 Å². The zero-order valence-electron chi connectivity index (χ0n) is 15.8. The molecule has 0 bridgehead atoms. The number of esters is 1. The van der Waals surface area contributed by atoms with Crippen LogP contribution in [-0.2, 0) is 9.53 Å². The summed E-state index contributed by atoms with van der Waals surface area (Å²) in [7, 11) is 0. The van der Waals surface area contributed by atoms with Crippen LogP contribution in [-0.4, -0.2) is 18.5 Å². The van der Waals surface area contributed by atoms with Crippen LogP contribution < -0.4 is 5.32 Å². The van der Waals surface area contributed by atoms with Crippen molar-refractivity contribution in [3.8, 4) is 0 Å². The van der Waals surface area contributed by atoms with Gasteiger partial charge in [0.1, 0.15) is 5.76 Å². The van der Waals surface area contributed by atoms with Crippen molar-refractivity contribution in [3.05, 3.63) is 89.4 Å². The van der Waals surface area contributed by atoms with E-state index in [1.807, 2.05) is 37.3 Å². The van der Waals surface area contributed by atoms with Gasteiger partial charge in [0.2, 0.25) is 0 Å². The number of aryl methyl sites for hydroxylation is 1. The van der Waals surface area contributed by atoms with Gasteiger partial charge in [-0.25, -0.2) is 4.79 Å². The van der Waals surface area contributed by atoms with Gasteiger partial charge in [0.15, 0.2) is 0 Å². The molecule has 0 radical (unpaired) electrons. The lowest BCUT2D eigenvalue weighted by molar-refractivity contribution is -0.111. The number of nitrogens with one attached hydrogen (secondary N) is 1. The van der Waals surface area contributed by atoms with E-state index in [9.17, 15) is 9.59 Å². The molecule has 0 unspecified atom stereocenters. The summed E-state index contributed by atoms with van der Waals surface area (Å²) in [5.74, 6) is -0.0656. The first-order chi connectivity index (χ1) is 13.6. The van der Waals surface area contributed by atoms with Crippen LogP contribution in [0.25, 0.3) is 11.6 Å². The van der Waals surface area contributed by atoms with Crippen molar-refractivity contribution in [2.24, 2.45) is 0 Å². The maximum atomic E-state index is 13.0. The van der Waals surface area contributed by atoms with Crippen LogP contribution >= 0.6 is 0 Å². The second-order valence-corrected chi connectivity index (χ2v) is 6.14. The van der Waals surface area contributed by atoms with E-state index in [1.165, 1.54) is 0 Å². The molecule has 0 spiro atoms. The molecule has 1 heterocycles. The minimum atomic E-state index is -0.383. The summed E-state index contributed by atoms with van der Waals surface area (Å²) < 4.78 is 10.4. The van der Waals surface area contributed by atoms with Crippen LogP contribution in [0.3, 0.4) is 0 Å². The number of carbonyl (C=O) groups is 2. The molecule has 3 rings (SSSR count). The van der Waals surface area contributed by atoms with Gasteiger partial charge in [-0.1, -0.05) is 30.3 Å². The lowest BCUT2D eigenvalue weighted by Crippen LogP contribution is -2.15. The Morgan fingerprint density at radius 2 is 1.82 bits per heavy atom. The first kappa shape index (κ1) is 19.2. The topological polar surface area (TPSA) is 68.5 Å². The average molecular weight is 375 g/mol. The Kier molecular flexibility index (Phi) is 6.07. The van der Waals surface area contributed by atoms with Crippen molar-refractivity contribution < 1.29 is 18.7 Å². The minimum Gasteiger partial charge on any atom is -0.465 e. The molecule has 0 aliphatic heterocycles. The molecule has 1 aromatic heterocycles. The van der Waals surface area contributed by atoms with E-state index in [1.54, 1.807) is 49.6 Å². The van der Waals surface area contributed by atoms with Gasteiger partial charge in [0.05, 0.1) is 24.0 Å². The van der Waals surface area contributed by atoms with E-state index >= 15 is 0 Å². The van der Waals surface area contributed by atoms with Gasteiger partial charge >= 0.3 is 5.97 Å². The molecular weight excluding hydrogens is 354 g/mol. The first-order valence-corrected chi connectivity index (χ1v) is 8.98. The Hall–Kier alpha value is -3.60. The quantitative estimate of drug-likeness (QED) is 0.489. The van der Waals surface area contributed by atoms with Crippen LogP contribution in [0.4, 0.5) is 5.69 Å². The van der Waals surface area contributed by atoms with Gasteiger partial charge in [-0.2, -0.15) is 0 Å². The van der Waals surface area contributed by atoms with E-state index in [0.717, 1.165) is 11.1 Å². The van der Waals surface area contributed by atoms with Crippen molar-refractivity contribution in [2.75, 3.05) is 11.9 Å². The zero-order valence-corrected chi connectivity index (χ0v) is 15.8. The fourth-order valence-corrected chi connectivity index (χ4v) is 2.75. The van der Waals surface area contributed by atoms with Gasteiger partial charge in [0.25, 0.3) is 5.91 Å². The summed E-state index contributed by atoms with van der Waals surface area (Å²) in [5, 5.41) is 2.92. The molecule has 0 aliphatic rings. The number of hydrogen-bond acceptors (Lipinski definition) is 4. The number of ether oxygens (including phenoxy) is 1. The smallest absolute Gasteiger partial charge is 0.338 e. The van der Waals surface area contributed by atoms with Crippen molar-refractivity contribution >= 4 is 29.2 Å². The summed E-state index contributed by atoms with van der Waals surface area (Å²) in [5.41, 5.74) is 3.09. The molecule has 28 heavy (non-hydrogen) atoms. The zero-order chi connectivity index (χ0) is 19.9. The molecule has 0 fully saturated rings. The molecule has 1 amide bonds. The summed E-state index contributed by atoms with van der Waals surface area (Å²) in [6.07, 6.45) is 3.26. The van der Waals surface area contributed by atoms with Crippen LogP contribution in [0.15, 0.2) is 71.3 Å². The lowest BCUT2D eigenvalue weighted by Gasteiger charge is -2.12. The third-order valence-corrected chi connectivity index (χ3v) is 4.14. The third-order valence-electron chi connectivity index (χ3n) is 4.14. The number of hydrogen-bond donors (Lipinski definition) is 1. The van der Waals surface area contributed by atoms with Gasteiger partial charge in [-0.3, -0.25) is 4.79 Å². The highest BCUT2D eigenvalue weighted by Gasteiger charge is 2.15. The summed E-state index contributed by atoms with van der Waals surface area (Å²) in [6, 6.07) is 18.0. The summed E-state index contributed by atoms with van der Waals surface area (Å²) in [6.45, 7) is 3.90. The van der Waals surface area contributed by atoms with Gasteiger partial charge in [-0.15, -0.1) is 0 Å². The average Bonchev–Trinajstić information content (AvgIpc) is 3.21. The second-order valence-electron chi connectivity index (χ2n) is 6.14. The molecular formula is C23H21NO4. The number of carbonyl (C=O) groups excluding carboxylic acids is 2. The highest BCUT2D eigenvalue weighted by atomic mass is 16.5. The number of amides is 1. The molecule has 0 atom stereocenters. The third kappa shape index (κ3) is 4.57. The van der Waals surface area contributed by atoms with Crippen molar-refractivity contribution in [2.45, 2.75) is 13.8 Å². The van der Waals surface area contributed by atoms with Crippen molar-refractivity contribution in [1.82, 2.24) is 0 Å². The fraction of sp³-hybridized carbons (Fsp3) is 0.130. The molecule has 0 aliphatic carbocycles. The first-order valence-electron chi connectivity index (χ1n) is 8.98. The predicted molar refractivity (Wildman–Crippen MR) is 109 cm³/mol. The molecule has 5 nitrogen and oxygen atoms in total. The molecule has 0 saturated carbocycles. The maximum Gasteiger partial charge on any atom is 0.338 e. The Balaban J connectivity index is 1.87. The Morgan fingerprint density at radius 1 is 1.04 bits per heavy atom. The monoisotopic (exact) mass is 375 g/mol. The molecule has 3 aromatic rings. The Morgan fingerprint density at radius 3 is 2.46 bits per heavy atom. The largest absolute Gasteiger partial charge is 0.465 e. The highest BCUT2D eigenvalue weighted by molar-refractivity contribution is 6.29. The predicted octanol–water partition coefficient (Wildman–Crippen LogP) is 4.94. The molecule has 2 aromatic carbocycles. The van der Waals surface area contributed by atoms with Crippen LogP contribution in [0.2, 0.25) is 0 Å². The van der Waals surface area contributed by atoms with Gasteiger partial charge in [0, 0.05) is 5.69 Å². The molecule has 0 saturated heterocycles. The number of anilines is 1. The normalized spacial score (nSPS) is 11.1. The SMILES string of the molecule is CCOC(=O)c1ccc(NC(=O)/C(=C/c2ccco2)c2ccccc2)c(C)c1. The number of rotatable bonds is 6. The van der Waals surface area contributed by atoms with Crippen molar-refractivity contribution in [3.63, 3.8) is 0 Å². The lowest BCUT2D eigenvalue weighted by atomic mass is 10.0. The molecule has 1 N–H and O–H groups in total. The number of furan rings is 1. The van der Waals surface area contributed by atoms with E-state index in [4.69, 9.17) is 9.15 Å². The molecule has 142 valence electrons. The van der Waals surface area contributed by atoms with E-state index in [-0.39, 0.29) is 11.9 Å². The second kappa shape index (κ2) is 8.86. The fourth-order valence-electron chi connectivity index (χ4n) is 2.75. The standard InChI is InChI=1S/C23H21NO4/c1-3-27-23(26)18-11-12-21(16(2)14-18)24-22(25)20(15-19-10-7-13-28-19)17-8-5-4-6-9-17/h4-15H,3H2,1-2H3,(H,24,25)/b20-15+. The van der Waals surface area contributed by atoms with Crippen LogP contribution in [0.5, 0.6) is 0 Å². The Bertz CT molecular complexity index is 989. The minimum absolute atomic E-state index is 0.269. The van der Waals surface area contributed by atoms with Crippen LogP contribution in [0.1, 0.15) is 34.2 Å². The number of benzene rings is 2. The van der Waals surface area contributed by atoms with E-state index in [0.29, 0.717) is 29.2 Å². The maximum absolute atomic E-state index is 13.0. The summed E-state index contributed by atoms with van der Waals surface area (Å²) >= 11 is 0. The van der Waals surface area contributed by atoms with E-state index < -0.39 is 0 Å². The van der Waals surface area contributed by atoms with Gasteiger partial charge in [-0.05, 0) is 61.4 Å². The summed E-state index contributed by atoms with van der Waals surface area (Å²) in [4.78, 5) is 24.9. The highest BCUT2D eigenvalue weighted by Crippen LogP contribution is 2.23.